The van der Waals surface area contributed by atoms with Crippen molar-refractivity contribution in [3.05, 3.63) is 24.3 Å². The molecule has 1 saturated heterocycles. The van der Waals surface area contributed by atoms with E-state index in [9.17, 15) is 22.8 Å². The number of methoxy groups -OCH3 is 1. The van der Waals surface area contributed by atoms with E-state index in [1.807, 2.05) is 0 Å². The van der Waals surface area contributed by atoms with Crippen molar-refractivity contribution < 1.29 is 37.0 Å². The van der Waals surface area contributed by atoms with Gasteiger partial charge in [0.05, 0.1) is 17.8 Å². The molecule has 8 atom stereocenters. The smallest absolute Gasteiger partial charge is 0.317 e. The van der Waals surface area contributed by atoms with Crippen LogP contribution in [0.25, 0.3) is 0 Å². The largest absolute Gasteiger partial charge is 0.469 e. The Hall–Kier alpha value is -2.16. The van der Waals surface area contributed by atoms with E-state index in [1.165, 1.54) is 20.3 Å². The average Bonchev–Trinajstić information content (AvgIpc) is 3.14. The topological polar surface area (TPSA) is 113 Å². The Bertz CT molecular complexity index is 1110. The maximum Gasteiger partial charge on any atom is 0.317 e. The van der Waals surface area contributed by atoms with E-state index in [4.69, 9.17) is 14.2 Å². The number of hydrogen-bond acceptors (Lipinski definition) is 8. The second kappa shape index (κ2) is 6.04. The molecule has 0 N–H and O–H groups in total. The molecule has 1 spiro atoms. The highest BCUT2D eigenvalue weighted by Crippen LogP contribution is 2.78. The summed E-state index contributed by atoms with van der Waals surface area (Å²) in [4.78, 5) is 38.4. The van der Waals surface area contributed by atoms with E-state index in [2.05, 4.69) is 6.58 Å². The molecular weight excluding hydrogens is 436 g/mol. The van der Waals surface area contributed by atoms with Crippen molar-refractivity contribution in [2.45, 2.75) is 56.0 Å². The molecule has 5 aliphatic rings. The summed E-state index contributed by atoms with van der Waals surface area (Å²) >= 11 is 0. The lowest BCUT2D eigenvalue weighted by Gasteiger charge is -2.45. The third kappa shape index (κ3) is 2.14. The van der Waals surface area contributed by atoms with Gasteiger partial charge in [0.15, 0.2) is 9.84 Å². The van der Waals surface area contributed by atoms with Gasteiger partial charge in [-0.1, -0.05) is 12.2 Å². The molecule has 0 unspecified atom stereocenters. The molecule has 8 nitrogen and oxygen atoms in total. The molecule has 4 fully saturated rings. The summed E-state index contributed by atoms with van der Waals surface area (Å²) in [6, 6.07) is 0. The fraction of sp³-hybridized carbons (Fsp3) is 0.696. The van der Waals surface area contributed by atoms with Crippen LogP contribution in [-0.4, -0.2) is 56.1 Å². The van der Waals surface area contributed by atoms with Crippen molar-refractivity contribution in [1.82, 2.24) is 0 Å². The predicted molar refractivity (Wildman–Crippen MR) is 112 cm³/mol. The number of hydrogen-bond donors (Lipinski definition) is 0. The molecule has 1 aliphatic heterocycles. The highest BCUT2D eigenvalue weighted by molar-refractivity contribution is 7.92. The molecule has 9 heteroatoms. The SMILES string of the molecule is C=C1C[C@]23C[C@@]1(S(C)(=O)=O)CC[C@H]2[C@@]12C=C[C@H](OC(C)=O)[C@@](C)(C(=O)O1)[C@H]2[C@@H]3C(=O)OC. The maximum atomic E-state index is 13.4. The summed E-state index contributed by atoms with van der Waals surface area (Å²) in [6.45, 7) is 7.09. The van der Waals surface area contributed by atoms with E-state index >= 15 is 0 Å². The van der Waals surface area contributed by atoms with Gasteiger partial charge in [-0.25, -0.2) is 8.42 Å². The van der Waals surface area contributed by atoms with Crippen molar-refractivity contribution in [3.8, 4) is 0 Å². The zero-order chi connectivity index (χ0) is 23.5. The Morgan fingerprint density at radius 1 is 1.31 bits per heavy atom. The van der Waals surface area contributed by atoms with Gasteiger partial charge in [-0.15, -0.1) is 0 Å². The van der Waals surface area contributed by atoms with E-state index in [-0.39, 0.29) is 12.3 Å². The first-order valence-corrected chi connectivity index (χ1v) is 12.7. The summed E-state index contributed by atoms with van der Waals surface area (Å²) in [5.41, 5.74) is -2.52. The van der Waals surface area contributed by atoms with Gasteiger partial charge in [0.2, 0.25) is 0 Å². The van der Waals surface area contributed by atoms with E-state index in [0.717, 1.165) is 0 Å². The molecular formula is C23H28O8S. The van der Waals surface area contributed by atoms with E-state index < -0.39 is 66.9 Å². The minimum atomic E-state index is -3.49. The van der Waals surface area contributed by atoms with Gasteiger partial charge in [-0.3, -0.25) is 14.4 Å². The zero-order valence-corrected chi connectivity index (χ0v) is 19.5. The minimum absolute atomic E-state index is 0.250. The van der Waals surface area contributed by atoms with Crippen LogP contribution in [0, 0.1) is 28.6 Å². The van der Waals surface area contributed by atoms with E-state index in [1.54, 1.807) is 19.1 Å². The number of sulfone groups is 1. The van der Waals surface area contributed by atoms with Crippen LogP contribution in [0.4, 0.5) is 0 Å². The van der Waals surface area contributed by atoms with Gasteiger partial charge >= 0.3 is 17.9 Å². The Morgan fingerprint density at radius 3 is 2.59 bits per heavy atom. The van der Waals surface area contributed by atoms with Crippen LogP contribution in [0.3, 0.4) is 0 Å². The third-order valence-electron chi connectivity index (χ3n) is 9.25. The van der Waals surface area contributed by atoms with Crippen LogP contribution in [0.2, 0.25) is 0 Å². The van der Waals surface area contributed by atoms with Crippen molar-refractivity contribution in [2.75, 3.05) is 13.4 Å². The van der Waals surface area contributed by atoms with Crippen molar-refractivity contribution >= 4 is 27.7 Å². The van der Waals surface area contributed by atoms with Crippen molar-refractivity contribution in [2.24, 2.45) is 28.6 Å². The normalized spacial score (nSPS) is 48.1. The lowest BCUT2D eigenvalue weighted by molar-refractivity contribution is -0.167. The highest BCUT2D eigenvalue weighted by Gasteiger charge is 2.84. The van der Waals surface area contributed by atoms with Crippen LogP contribution in [0.15, 0.2) is 24.3 Å². The molecule has 4 aliphatic carbocycles. The molecule has 1 heterocycles. The molecule has 0 amide bonds. The number of ether oxygens (including phenoxy) is 3. The van der Waals surface area contributed by atoms with Crippen molar-refractivity contribution in [3.63, 3.8) is 0 Å². The molecule has 0 aromatic carbocycles. The number of carbonyl (C=O) groups is 3. The third-order valence-corrected chi connectivity index (χ3v) is 11.3. The first kappa shape index (κ1) is 21.7. The van der Waals surface area contributed by atoms with Crippen LogP contribution >= 0.6 is 0 Å². The number of esters is 3. The van der Waals surface area contributed by atoms with Crippen LogP contribution in [0.5, 0.6) is 0 Å². The standard InChI is InChI=1S/C23H28O8S/c1-12-10-21-11-22(12,32(5,27)28)8-6-14(21)23-9-7-15(30-13(2)24)20(3,19(26)31-23)17(23)16(21)18(25)29-4/h7,9,14-17H,1,6,8,10-11H2,2-5H3/t14-,15+,16-,17-,20-,21+,22+,23-/m1/s1. The van der Waals surface area contributed by atoms with Crippen LogP contribution in [0.1, 0.15) is 39.5 Å². The van der Waals surface area contributed by atoms with Gasteiger partial charge in [0, 0.05) is 25.0 Å². The van der Waals surface area contributed by atoms with Crippen LogP contribution in [-0.2, 0) is 38.4 Å². The lowest BCUT2D eigenvalue weighted by atomic mass is 9.61. The number of rotatable bonds is 3. The molecule has 3 saturated carbocycles. The lowest BCUT2D eigenvalue weighted by Crippen LogP contribution is -2.52. The van der Waals surface area contributed by atoms with Gasteiger partial charge < -0.3 is 14.2 Å². The molecule has 0 aromatic heterocycles. The molecule has 174 valence electrons. The molecule has 0 aromatic rings. The summed E-state index contributed by atoms with van der Waals surface area (Å²) in [5, 5.41) is 0. The Morgan fingerprint density at radius 2 is 2.00 bits per heavy atom. The molecule has 4 bridgehead atoms. The minimum Gasteiger partial charge on any atom is -0.469 e. The summed E-state index contributed by atoms with van der Waals surface area (Å²) in [7, 11) is -2.20. The maximum absolute atomic E-state index is 13.4. The molecule has 0 radical (unpaired) electrons. The Labute approximate surface area is 187 Å². The summed E-state index contributed by atoms with van der Waals surface area (Å²) < 4.78 is 41.6. The predicted octanol–water partition coefficient (Wildman–Crippen LogP) is 1.74. The van der Waals surface area contributed by atoms with Gasteiger partial charge in [0.25, 0.3) is 0 Å². The number of carbonyl (C=O) groups excluding carboxylic acids is 3. The molecule has 5 rings (SSSR count). The zero-order valence-electron chi connectivity index (χ0n) is 18.7. The van der Waals surface area contributed by atoms with Crippen LogP contribution < -0.4 is 0 Å². The molecule has 32 heavy (non-hydrogen) atoms. The number of fused-ring (bicyclic) bond motifs is 1. The fourth-order valence-electron chi connectivity index (χ4n) is 8.12. The average molecular weight is 465 g/mol. The summed E-state index contributed by atoms with van der Waals surface area (Å²) in [5.74, 6) is -3.25. The van der Waals surface area contributed by atoms with E-state index in [0.29, 0.717) is 24.8 Å². The first-order valence-electron chi connectivity index (χ1n) is 10.9. The monoisotopic (exact) mass is 464 g/mol. The summed E-state index contributed by atoms with van der Waals surface area (Å²) in [6.07, 6.45) is 5.26. The Kier molecular flexibility index (Phi) is 4.09. The fourth-order valence-corrected chi connectivity index (χ4v) is 9.74. The second-order valence-electron chi connectivity index (χ2n) is 10.4. The van der Waals surface area contributed by atoms with Gasteiger partial charge in [0.1, 0.15) is 17.1 Å². The first-order chi connectivity index (χ1) is 14.8. The quantitative estimate of drug-likeness (QED) is 0.353. The highest BCUT2D eigenvalue weighted by atomic mass is 32.2. The van der Waals surface area contributed by atoms with Gasteiger partial charge in [-0.05, 0) is 50.2 Å². The van der Waals surface area contributed by atoms with Gasteiger partial charge in [-0.2, -0.15) is 0 Å². The Balaban J connectivity index is 1.74. The second-order valence-corrected chi connectivity index (χ2v) is 12.8. The van der Waals surface area contributed by atoms with Crippen molar-refractivity contribution in [1.29, 1.82) is 0 Å².